The molecule has 1 fully saturated rings. The third-order valence-electron chi connectivity index (χ3n) is 5.11. The van der Waals surface area contributed by atoms with E-state index >= 15 is 0 Å². The zero-order valence-electron chi connectivity index (χ0n) is 18.5. The van der Waals surface area contributed by atoms with Gasteiger partial charge in [-0.05, 0) is 60.2 Å². The second kappa shape index (κ2) is 9.44. The highest BCUT2D eigenvalue weighted by molar-refractivity contribution is 5.87. The van der Waals surface area contributed by atoms with E-state index in [1.807, 2.05) is 89.2 Å². The second-order valence-corrected chi connectivity index (χ2v) is 8.78. The third kappa shape index (κ3) is 5.82. The summed E-state index contributed by atoms with van der Waals surface area (Å²) in [4.78, 5) is 30.0. The van der Waals surface area contributed by atoms with Crippen LogP contribution in [0, 0.1) is 0 Å². The van der Waals surface area contributed by atoms with Crippen molar-refractivity contribution in [2.45, 2.75) is 64.3 Å². The fourth-order valence-corrected chi connectivity index (χ4v) is 3.50. The van der Waals surface area contributed by atoms with E-state index in [0.29, 0.717) is 19.4 Å². The highest BCUT2D eigenvalue weighted by Crippen LogP contribution is 2.37. The number of likely N-dealkylation sites (N-methyl/N-ethyl adjacent to an activating group) is 1. The molecule has 0 aromatic heterocycles. The SMILES string of the molecule is C/C=C/CC1(C(=O)OCc2ccccc2)C[C@@H](N(C)C)CN1C(=O)OC(C)(C)C. The van der Waals surface area contributed by atoms with Crippen molar-refractivity contribution in [3.05, 3.63) is 48.0 Å². The van der Waals surface area contributed by atoms with Gasteiger partial charge in [-0.2, -0.15) is 0 Å². The molecule has 1 heterocycles. The summed E-state index contributed by atoms with van der Waals surface area (Å²) < 4.78 is 11.3. The minimum absolute atomic E-state index is 0.0389. The smallest absolute Gasteiger partial charge is 0.411 e. The predicted octanol–water partition coefficient (Wildman–Crippen LogP) is 4.01. The van der Waals surface area contributed by atoms with Crippen molar-refractivity contribution in [2.75, 3.05) is 20.6 Å². The number of amides is 1. The molecule has 160 valence electrons. The van der Waals surface area contributed by atoms with Crippen LogP contribution >= 0.6 is 0 Å². The van der Waals surface area contributed by atoms with Crippen LogP contribution in [0.15, 0.2) is 42.5 Å². The Hall–Kier alpha value is -2.34. The third-order valence-corrected chi connectivity index (χ3v) is 5.11. The highest BCUT2D eigenvalue weighted by Gasteiger charge is 2.55. The van der Waals surface area contributed by atoms with E-state index in [-0.39, 0.29) is 12.6 Å². The van der Waals surface area contributed by atoms with Crippen molar-refractivity contribution >= 4 is 12.1 Å². The van der Waals surface area contributed by atoms with E-state index in [2.05, 4.69) is 0 Å². The summed E-state index contributed by atoms with van der Waals surface area (Å²) in [5.41, 5.74) is -0.820. The molecule has 0 radical (unpaired) electrons. The van der Waals surface area contributed by atoms with Gasteiger partial charge in [-0.15, -0.1) is 0 Å². The van der Waals surface area contributed by atoms with Gasteiger partial charge in [-0.1, -0.05) is 42.5 Å². The van der Waals surface area contributed by atoms with Gasteiger partial charge < -0.3 is 14.4 Å². The van der Waals surface area contributed by atoms with Gasteiger partial charge in [0.2, 0.25) is 0 Å². The van der Waals surface area contributed by atoms with E-state index in [9.17, 15) is 9.59 Å². The van der Waals surface area contributed by atoms with Crippen molar-refractivity contribution in [1.82, 2.24) is 9.80 Å². The van der Waals surface area contributed by atoms with E-state index < -0.39 is 23.2 Å². The first kappa shape index (κ1) is 22.9. The maximum Gasteiger partial charge on any atom is 0.411 e. The van der Waals surface area contributed by atoms with Crippen LogP contribution in [0.25, 0.3) is 0 Å². The van der Waals surface area contributed by atoms with Crippen LogP contribution in [0.4, 0.5) is 4.79 Å². The van der Waals surface area contributed by atoms with Crippen LogP contribution in [0.2, 0.25) is 0 Å². The molecule has 2 atom stereocenters. The molecule has 0 bridgehead atoms. The number of hydrogen-bond donors (Lipinski definition) is 0. The van der Waals surface area contributed by atoms with Crippen molar-refractivity contribution in [1.29, 1.82) is 0 Å². The molecule has 29 heavy (non-hydrogen) atoms. The number of carbonyl (C=O) groups is 2. The van der Waals surface area contributed by atoms with Gasteiger partial charge in [0.15, 0.2) is 0 Å². The topological polar surface area (TPSA) is 59.1 Å². The van der Waals surface area contributed by atoms with E-state index in [1.165, 1.54) is 0 Å². The summed E-state index contributed by atoms with van der Waals surface area (Å²) in [5.74, 6) is -0.394. The zero-order valence-corrected chi connectivity index (χ0v) is 18.5. The second-order valence-electron chi connectivity index (χ2n) is 8.78. The molecule has 0 spiro atoms. The number of esters is 1. The summed E-state index contributed by atoms with van der Waals surface area (Å²) >= 11 is 0. The molecule has 0 saturated carbocycles. The van der Waals surface area contributed by atoms with Crippen molar-refractivity contribution < 1.29 is 19.1 Å². The Morgan fingerprint density at radius 3 is 2.45 bits per heavy atom. The molecule has 1 saturated heterocycles. The van der Waals surface area contributed by atoms with Gasteiger partial charge in [0.05, 0.1) is 0 Å². The first-order chi connectivity index (χ1) is 13.6. The molecular weight excluding hydrogens is 368 g/mol. The van der Waals surface area contributed by atoms with Gasteiger partial charge in [-0.25, -0.2) is 9.59 Å². The summed E-state index contributed by atoms with van der Waals surface area (Å²) in [6, 6.07) is 9.59. The van der Waals surface area contributed by atoms with Crippen LogP contribution in [0.3, 0.4) is 0 Å². The van der Waals surface area contributed by atoms with Crippen LogP contribution < -0.4 is 0 Å². The molecule has 1 aliphatic heterocycles. The van der Waals surface area contributed by atoms with E-state index in [0.717, 1.165) is 5.56 Å². The molecule has 6 nitrogen and oxygen atoms in total. The van der Waals surface area contributed by atoms with Gasteiger partial charge in [0, 0.05) is 12.6 Å². The number of likely N-dealkylation sites (tertiary alicyclic amines) is 1. The number of hydrogen-bond acceptors (Lipinski definition) is 5. The number of rotatable bonds is 6. The Labute approximate surface area is 174 Å². The maximum absolute atomic E-state index is 13.4. The number of ether oxygens (including phenoxy) is 2. The quantitative estimate of drug-likeness (QED) is 0.532. The van der Waals surface area contributed by atoms with Crippen molar-refractivity contribution in [3.63, 3.8) is 0 Å². The minimum Gasteiger partial charge on any atom is -0.459 e. The molecule has 0 aliphatic carbocycles. The molecule has 1 aliphatic rings. The minimum atomic E-state index is -1.08. The lowest BCUT2D eigenvalue weighted by Crippen LogP contribution is -2.54. The average Bonchev–Trinajstić information content (AvgIpc) is 3.05. The maximum atomic E-state index is 13.4. The standard InChI is InChI=1S/C23H34N2O4/c1-7-8-14-23(20(26)28-17-18-12-10-9-11-13-18)15-19(24(5)6)16-25(23)21(27)29-22(2,3)4/h7-13,19H,14-17H2,1-6H3/b8-7+/t19-,23?/m1/s1. The Kier molecular flexibility index (Phi) is 7.47. The van der Waals surface area contributed by atoms with Crippen molar-refractivity contribution in [2.24, 2.45) is 0 Å². The van der Waals surface area contributed by atoms with Crippen LogP contribution in [0.5, 0.6) is 0 Å². The van der Waals surface area contributed by atoms with Gasteiger partial charge >= 0.3 is 12.1 Å². The Morgan fingerprint density at radius 2 is 1.90 bits per heavy atom. The Morgan fingerprint density at radius 1 is 1.24 bits per heavy atom. The molecule has 0 N–H and O–H groups in total. The molecule has 2 rings (SSSR count). The molecule has 1 aromatic rings. The zero-order chi connectivity index (χ0) is 21.7. The lowest BCUT2D eigenvalue weighted by atomic mass is 9.90. The predicted molar refractivity (Wildman–Crippen MR) is 113 cm³/mol. The number of benzene rings is 1. The fourth-order valence-electron chi connectivity index (χ4n) is 3.50. The molecule has 1 aromatic carbocycles. The molecular formula is C23H34N2O4. The fraction of sp³-hybridized carbons (Fsp3) is 0.565. The van der Waals surface area contributed by atoms with Crippen LogP contribution in [0.1, 0.15) is 46.1 Å². The van der Waals surface area contributed by atoms with E-state index in [4.69, 9.17) is 9.47 Å². The Bertz CT molecular complexity index is 724. The largest absolute Gasteiger partial charge is 0.459 e. The van der Waals surface area contributed by atoms with Gasteiger partial charge in [0.1, 0.15) is 17.7 Å². The lowest BCUT2D eigenvalue weighted by Gasteiger charge is -2.36. The van der Waals surface area contributed by atoms with Crippen LogP contribution in [-0.2, 0) is 20.9 Å². The first-order valence-electron chi connectivity index (χ1n) is 10.1. The number of carbonyl (C=O) groups excluding carboxylic acids is 2. The van der Waals surface area contributed by atoms with Crippen molar-refractivity contribution in [3.8, 4) is 0 Å². The molecule has 6 heteroatoms. The average molecular weight is 403 g/mol. The first-order valence-corrected chi connectivity index (χ1v) is 10.1. The van der Waals surface area contributed by atoms with E-state index in [1.54, 1.807) is 4.90 Å². The summed E-state index contributed by atoms with van der Waals surface area (Å²) in [7, 11) is 3.91. The summed E-state index contributed by atoms with van der Waals surface area (Å²) in [6.45, 7) is 7.97. The monoisotopic (exact) mass is 402 g/mol. The van der Waals surface area contributed by atoms with Gasteiger partial charge in [0.25, 0.3) is 0 Å². The Balaban J connectivity index is 2.33. The normalized spacial score (nSPS) is 22.3. The molecule has 1 unspecified atom stereocenters. The molecule has 1 amide bonds. The highest BCUT2D eigenvalue weighted by atomic mass is 16.6. The number of nitrogens with zero attached hydrogens (tertiary/aromatic N) is 2. The number of allylic oxidation sites excluding steroid dienone is 1. The summed E-state index contributed by atoms with van der Waals surface area (Å²) in [6.07, 6.45) is 4.21. The summed E-state index contributed by atoms with van der Waals surface area (Å²) in [5, 5.41) is 0. The lowest BCUT2D eigenvalue weighted by molar-refractivity contribution is -0.157. The van der Waals surface area contributed by atoms with Gasteiger partial charge in [-0.3, -0.25) is 4.90 Å². The van der Waals surface area contributed by atoms with Crippen LogP contribution in [-0.4, -0.2) is 59.7 Å².